The van der Waals surface area contributed by atoms with Crippen LogP contribution in [0.5, 0.6) is 0 Å². The molecule has 0 N–H and O–H groups in total. The van der Waals surface area contributed by atoms with Crippen molar-refractivity contribution in [2.75, 3.05) is 6.61 Å². The Morgan fingerprint density at radius 2 is 2.50 bits per heavy atom. The molecule has 4 heteroatoms. The molecule has 0 aromatic carbocycles. The molecule has 10 heavy (non-hydrogen) atoms. The zero-order valence-corrected chi connectivity index (χ0v) is 5.70. The lowest BCUT2D eigenvalue weighted by Crippen LogP contribution is -2.22. The molecule has 57 valence electrons. The van der Waals surface area contributed by atoms with E-state index in [1.165, 1.54) is 0 Å². The number of rotatable bonds is 1. The fourth-order valence-electron chi connectivity index (χ4n) is 0.704. The number of hydrogen-bond donors (Lipinski definition) is 0. The molecule has 4 nitrogen and oxygen atoms in total. The Kier molecular flexibility index (Phi) is 2.24. The van der Waals surface area contributed by atoms with E-state index in [1.807, 2.05) is 6.92 Å². The summed E-state index contributed by atoms with van der Waals surface area (Å²) in [5.41, 5.74) is 0. The molecule has 2 atom stereocenters. The smallest absolute Gasteiger partial charge is 0.363 e. The van der Waals surface area contributed by atoms with Crippen LogP contribution in [0.3, 0.4) is 0 Å². The summed E-state index contributed by atoms with van der Waals surface area (Å²) in [6.07, 6.45) is -0.906. The second-order valence-corrected chi connectivity index (χ2v) is 2.08. The van der Waals surface area contributed by atoms with E-state index in [4.69, 9.17) is 9.47 Å². The first-order chi connectivity index (χ1) is 4.74. The Morgan fingerprint density at radius 1 is 1.80 bits per heavy atom. The summed E-state index contributed by atoms with van der Waals surface area (Å²) < 4.78 is 14.0. The van der Waals surface area contributed by atoms with Crippen LogP contribution in [-0.2, 0) is 19.0 Å². The predicted octanol–water partition coefficient (Wildman–Crippen LogP) is 0.0826. The van der Waals surface area contributed by atoms with E-state index in [0.717, 1.165) is 0 Å². The molecule has 2 unspecified atom stereocenters. The van der Waals surface area contributed by atoms with Crippen molar-refractivity contribution in [1.82, 2.24) is 0 Å². The minimum absolute atomic E-state index is 0.0379. The van der Waals surface area contributed by atoms with Gasteiger partial charge in [0.25, 0.3) is 6.29 Å². The van der Waals surface area contributed by atoms with Crippen LogP contribution in [0, 0.1) is 7.11 Å². The maximum Gasteiger partial charge on any atom is 0.363 e. The molecular weight excluding hydrogens is 136 g/mol. The van der Waals surface area contributed by atoms with Gasteiger partial charge in [-0.05, 0) is 6.92 Å². The third-order valence-electron chi connectivity index (χ3n) is 1.17. The molecule has 1 radical (unpaired) electrons. The number of carbonyl (C=O) groups is 1. The highest BCUT2D eigenvalue weighted by atomic mass is 16.7. The molecule has 1 aliphatic heterocycles. The van der Waals surface area contributed by atoms with Crippen molar-refractivity contribution in [1.29, 1.82) is 0 Å². The molecule has 1 aliphatic rings. The van der Waals surface area contributed by atoms with Gasteiger partial charge in [-0.2, -0.15) is 0 Å². The van der Waals surface area contributed by atoms with E-state index < -0.39 is 12.3 Å². The molecular formula is C6H9O4. The summed E-state index contributed by atoms with van der Waals surface area (Å²) in [6.45, 7) is 2.25. The molecule has 0 amide bonds. The number of ether oxygens (including phenoxy) is 3. The zero-order valence-electron chi connectivity index (χ0n) is 5.70. The first kappa shape index (κ1) is 7.50. The van der Waals surface area contributed by atoms with Gasteiger partial charge >= 0.3 is 5.97 Å². The van der Waals surface area contributed by atoms with Gasteiger partial charge in [0.1, 0.15) is 7.11 Å². The molecule has 0 spiro atoms. The number of esters is 1. The Balaban J connectivity index is 2.37. The third kappa shape index (κ3) is 1.46. The quantitative estimate of drug-likeness (QED) is 0.490. The second-order valence-electron chi connectivity index (χ2n) is 2.08. The number of carbonyl (C=O) groups excluding carboxylic acids is 1. The van der Waals surface area contributed by atoms with Crippen molar-refractivity contribution in [2.24, 2.45) is 0 Å². The van der Waals surface area contributed by atoms with E-state index in [0.29, 0.717) is 6.61 Å². The maximum absolute atomic E-state index is 10.6. The van der Waals surface area contributed by atoms with Crippen LogP contribution in [0.2, 0.25) is 0 Å². The third-order valence-corrected chi connectivity index (χ3v) is 1.17. The molecule has 0 aromatic rings. The Hall–Kier alpha value is -0.610. The SMILES string of the molecule is [CH2]OC(=O)C1OCC(C)O1. The summed E-state index contributed by atoms with van der Waals surface area (Å²) >= 11 is 0. The highest BCUT2D eigenvalue weighted by Gasteiger charge is 2.29. The van der Waals surface area contributed by atoms with Crippen LogP contribution in [0.25, 0.3) is 0 Å². The van der Waals surface area contributed by atoms with Gasteiger partial charge < -0.3 is 14.2 Å². The molecule has 0 bridgehead atoms. The van der Waals surface area contributed by atoms with Gasteiger partial charge in [-0.1, -0.05) is 0 Å². The van der Waals surface area contributed by atoms with Crippen molar-refractivity contribution in [3.63, 3.8) is 0 Å². The second kappa shape index (κ2) is 2.98. The first-order valence-electron chi connectivity index (χ1n) is 2.97. The Labute approximate surface area is 59.1 Å². The van der Waals surface area contributed by atoms with Crippen molar-refractivity contribution in [2.45, 2.75) is 19.3 Å². The molecule has 1 fully saturated rings. The van der Waals surface area contributed by atoms with Gasteiger partial charge in [-0.3, -0.25) is 0 Å². The molecule has 0 saturated carbocycles. The predicted molar refractivity (Wildman–Crippen MR) is 31.7 cm³/mol. The normalized spacial score (nSPS) is 32.2. The minimum Gasteiger partial charge on any atom is -0.458 e. The van der Waals surface area contributed by atoms with Crippen LogP contribution in [-0.4, -0.2) is 25.0 Å². The highest BCUT2D eigenvalue weighted by molar-refractivity contribution is 5.73. The van der Waals surface area contributed by atoms with Gasteiger partial charge in [0.05, 0.1) is 12.7 Å². The summed E-state index contributed by atoms with van der Waals surface area (Å²) in [7, 11) is 2.95. The summed E-state index contributed by atoms with van der Waals surface area (Å²) in [4.78, 5) is 10.6. The lowest BCUT2D eigenvalue weighted by atomic mass is 10.5. The largest absolute Gasteiger partial charge is 0.458 e. The topological polar surface area (TPSA) is 44.8 Å². The molecule has 1 rings (SSSR count). The van der Waals surface area contributed by atoms with E-state index >= 15 is 0 Å². The maximum atomic E-state index is 10.6. The van der Waals surface area contributed by atoms with E-state index in [1.54, 1.807) is 0 Å². The number of hydrogen-bond acceptors (Lipinski definition) is 4. The Bertz CT molecular complexity index is 134. The van der Waals surface area contributed by atoms with Crippen LogP contribution in [0.15, 0.2) is 0 Å². The van der Waals surface area contributed by atoms with Crippen LogP contribution >= 0.6 is 0 Å². The van der Waals surface area contributed by atoms with Gasteiger partial charge in [0.15, 0.2) is 0 Å². The van der Waals surface area contributed by atoms with Crippen LogP contribution in [0.1, 0.15) is 6.92 Å². The van der Waals surface area contributed by atoms with Gasteiger partial charge in [0, 0.05) is 0 Å². The van der Waals surface area contributed by atoms with Crippen molar-refractivity contribution >= 4 is 5.97 Å². The molecule has 1 saturated heterocycles. The van der Waals surface area contributed by atoms with Crippen LogP contribution < -0.4 is 0 Å². The molecule has 1 heterocycles. The van der Waals surface area contributed by atoms with Gasteiger partial charge in [0.2, 0.25) is 0 Å². The fourth-order valence-corrected chi connectivity index (χ4v) is 0.704. The van der Waals surface area contributed by atoms with Crippen molar-refractivity contribution in [3.05, 3.63) is 7.11 Å². The average Bonchev–Trinajstić information content (AvgIpc) is 2.34. The van der Waals surface area contributed by atoms with E-state index in [9.17, 15) is 4.79 Å². The fraction of sp³-hybridized carbons (Fsp3) is 0.667. The summed E-state index contributed by atoms with van der Waals surface area (Å²) in [6, 6.07) is 0. The lowest BCUT2D eigenvalue weighted by molar-refractivity contribution is -0.168. The zero-order chi connectivity index (χ0) is 7.56. The van der Waals surface area contributed by atoms with Gasteiger partial charge in [-0.25, -0.2) is 4.79 Å². The molecule has 0 aliphatic carbocycles. The highest BCUT2D eigenvalue weighted by Crippen LogP contribution is 2.11. The van der Waals surface area contributed by atoms with Crippen molar-refractivity contribution < 1.29 is 19.0 Å². The summed E-state index contributed by atoms with van der Waals surface area (Å²) in [5.74, 6) is -0.579. The van der Waals surface area contributed by atoms with Gasteiger partial charge in [-0.15, -0.1) is 0 Å². The van der Waals surface area contributed by atoms with Crippen LogP contribution in [0.4, 0.5) is 0 Å². The summed E-state index contributed by atoms with van der Waals surface area (Å²) in [5, 5.41) is 0. The standard InChI is InChI=1S/C6H9O4/c1-4-3-9-6(10-4)5(7)8-2/h4,6H,2-3H2,1H3. The average molecular weight is 145 g/mol. The van der Waals surface area contributed by atoms with Crippen molar-refractivity contribution in [3.8, 4) is 0 Å². The first-order valence-corrected chi connectivity index (χ1v) is 2.97. The monoisotopic (exact) mass is 145 g/mol. The van der Waals surface area contributed by atoms with E-state index in [-0.39, 0.29) is 6.10 Å². The van der Waals surface area contributed by atoms with E-state index in [2.05, 4.69) is 11.8 Å². The lowest BCUT2D eigenvalue weighted by Gasteiger charge is -2.04. The minimum atomic E-state index is -0.868. The molecule has 0 aromatic heterocycles. The Morgan fingerprint density at radius 3 is 2.90 bits per heavy atom.